The summed E-state index contributed by atoms with van der Waals surface area (Å²) in [5, 5.41) is 2.84. The van der Waals surface area contributed by atoms with E-state index in [0.717, 1.165) is 18.4 Å². The zero-order valence-corrected chi connectivity index (χ0v) is 12.7. The minimum atomic E-state index is -3.21. The van der Waals surface area contributed by atoms with E-state index in [9.17, 15) is 13.2 Å². The molecule has 1 aromatic rings. The predicted molar refractivity (Wildman–Crippen MR) is 77.0 cm³/mol. The SMILES string of the molecule is CCCC(C)C(=O)Nc1ccc(S(C)(=O)=O)cc1C. The van der Waals surface area contributed by atoms with Gasteiger partial charge >= 0.3 is 0 Å². The van der Waals surface area contributed by atoms with Crippen LogP contribution in [0.5, 0.6) is 0 Å². The van der Waals surface area contributed by atoms with E-state index in [2.05, 4.69) is 5.32 Å². The molecule has 0 radical (unpaired) electrons. The molecule has 19 heavy (non-hydrogen) atoms. The molecule has 1 rings (SSSR count). The highest BCUT2D eigenvalue weighted by Gasteiger charge is 2.14. The van der Waals surface area contributed by atoms with Gasteiger partial charge < -0.3 is 5.32 Å². The lowest BCUT2D eigenvalue weighted by atomic mass is 10.1. The van der Waals surface area contributed by atoms with Gasteiger partial charge in [0.1, 0.15) is 0 Å². The van der Waals surface area contributed by atoms with Gasteiger partial charge in [0, 0.05) is 17.9 Å². The molecule has 0 aliphatic heterocycles. The highest BCUT2D eigenvalue weighted by molar-refractivity contribution is 7.90. The fourth-order valence-electron chi connectivity index (χ4n) is 1.83. The van der Waals surface area contributed by atoms with E-state index in [1.165, 1.54) is 12.3 Å². The summed E-state index contributed by atoms with van der Waals surface area (Å²) < 4.78 is 22.8. The molecule has 106 valence electrons. The van der Waals surface area contributed by atoms with Crippen molar-refractivity contribution in [3.8, 4) is 0 Å². The molecular weight excluding hydrogens is 262 g/mol. The van der Waals surface area contributed by atoms with E-state index < -0.39 is 9.84 Å². The normalized spacial score (nSPS) is 13.1. The maximum absolute atomic E-state index is 11.9. The maximum Gasteiger partial charge on any atom is 0.227 e. The molecule has 1 aromatic carbocycles. The Hall–Kier alpha value is -1.36. The van der Waals surface area contributed by atoms with Crippen molar-refractivity contribution in [1.29, 1.82) is 0 Å². The van der Waals surface area contributed by atoms with Crippen molar-refractivity contribution in [1.82, 2.24) is 0 Å². The summed E-state index contributed by atoms with van der Waals surface area (Å²) in [6, 6.07) is 4.74. The van der Waals surface area contributed by atoms with E-state index in [1.807, 2.05) is 13.8 Å². The fraction of sp³-hybridized carbons (Fsp3) is 0.500. The number of hydrogen-bond acceptors (Lipinski definition) is 3. The number of anilines is 1. The third kappa shape index (κ3) is 4.35. The molecular formula is C14H21NO3S. The number of sulfone groups is 1. The van der Waals surface area contributed by atoms with Crippen LogP contribution in [0.3, 0.4) is 0 Å². The summed E-state index contributed by atoms with van der Waals surface area (Å²) in [6.45, 7) is 5.71. The van der Waals surface area contributed by atoms with Crippen molar-refractivity contribution in [2.45, 2.75) is 38.5 Å². The fourth-order valence-corrected chi connectivity index (χ4v) is 2.53. The van der Waals surface area contributed by atoms with E-state index in [1.54, 1.807) is 19.1 Å². The standard InChI is InChI=1S/C14H21NO3S/c1-5-6-10(2)14(16)15-13-8-7-12(9-11(13)3)19(4,17)18/h7-10H,5-6H2,1-4H3,(H,15,16). The monoisotopic (exact) mass is 283 g/mol. The Kier molecular flexibility index (Phi) is 5.11. The molecule has 0 aliphatic rings. The molecule has 5 heteroatoms. The molecule has 1 N–H and O–H groups in total. The number of rotatable bonds is 5. The summed E-state index contributed by atoms with van der Waals surface area (Å²) in [6.07, 6.45) is 2.97. The molecule has 0 spiro atoms. The van der Waals surface area contributed by atoms with Gasteiger partial charge in [-0.3, -0.25) is 4.79 Å². The number of aryl methyl sites for hydroxylation is 1. The Bertz CT molecular complexity index is 564. The Morgan fingerprint density at radius 2 is 2.00 bits per heavy atom. The second-order valence-electron chi connectivity index (χ2n) is 4.93. The highest BCUT2D eigenvalue weighted by Crippen LogP contribution is 2.20. The first kappa shape index (κ1) is 15.7. The van der Waals surface area contributed by atoms with Gasteiger partial charge in [-0.15, -0.1) is 0 Å². The Morgan fingerprint density at radius 1 is 1.37 bits per heavy atom. The van der Waals surface area contributed by atoms with Crippen molar-refractivity contribution in [2.75, 3.05) is 11.6 Å². The Balaban J connectivity index is 2.90. The second kappa shape index (κ2) is 6.19. The first-order valence-corrected chi connectivity index (χ1v) is 8.26. The van der Waals surface area contributed by atoms with Gasteiger partial charge in [-0.25, -0.2) is 8.42 Å². The van der Waals surface area contributed by atoms with Crippen molar-refractivity contribution < 1.29 is 13.2 Å². The van der Waals surface area contributed by atoms with Crippen LogP contribution in [-0.2, 0) is 14.6 Å². The smallest absolute Gasteiger partial charge is 0.227 e. The number of carbonyl (C=O) groups excluding carboxylic acids is 1. The molecule has 1 amide bonds. The minimum absolute atomic E-state index is 0.0305. The molecule has 0 heterocycles. The summed E-state index contributed by atoms with van der Waals surface area (Å²) in [7, 11) is -3.21. The number of benzene rings is 1. The van der Waals surface area contributed by atoms with Crippen molar-refractivity contribution in [3.05, 3.63) is 23.8 Å². The van der Waals surface area contributed by atoms with Crippen LogP contribution >= 0.6 is 0 Å². The van der Waals surface area contributed by atoms with Crippen LogP contribution in [0.15, 0.2) is 23.1 Å². The zero-order valence-electron chi connectivity index (χ0n) is 11.9. The summed E-state index contributed by atoms with van der Waals surface area (Å²) in [5.74, 6) is -0.0731. The lowest BCUT2D eigenvalue weighted by molar-refractivity contribution is -0.119. The average molecular weight is 283 g/mol. The van der Waals surface area contributed by atoms with Gasteiger partial charge in [0.15, 0.2) is 9.84 Å². The molecule has 1 unspecified atom stereocenters. The van der Waals surface area contributed by atoms with Gasteiger partial charge in [-0.2, -0.15) is 0 Å². The number of carbonyl (C=O) groups is 1. The van der Waals surface area contributed by atoms with Crippen LogP contribution < -0.4 is 5.32 Å². The van der Waals surface area contributed by atoms with Crippen molar-refractivity contribution in [2.24, 2.45) is 5.92 Å². The van der Waals surface area contributed by atoms with Gasteiger partial charge in [0.05, 0.1) is 4.90 Å². The average Bonchev–Trinajstić information content (AvgIpc) is 2.30. The summed E-state index contributed by atoms with van der Waals surface area (Å²) in [4.78, 5) is 12.2. The molecule has 0 aliphatic carbocycles. The van der Waals surface area contributed by atoms with Crippen LogP contribution in [-0.4, -0.2) is 20.6 Å². The van der Waals surface area contributed by atoms with Crippen LogP contribution in [0.4, 0.5) is 5.69 Å². The molecule has 0 saturated heterocycles. The van der Waals surface area contributed by atoms with Crippen LogP contribution in [0.2, 0.25) is 0 Å². The molecule has 0 fully saturated rings. The number of nitrogens with one attached hydrogen (secondary N) is 1. The van der Waals surface area contributed by atoms with Crippen molar-refractivity contribution >= 4 is 21.4 Å². The van der Waals surface area contributed by atoms with Gasteiger partial charge in [0.25, 0.3) is 0 Å². The van der Waals surface area contributed by atoms with E-state index in [4.69, 9.17) is 0 Å². The molecule has 0 saturated carbocycles. The molecule has 1 atom stereocenters. The number of hydrogen-bond donors (Lipinski definition) is 1. The Labute approximate surface area is 115 Å². The van der Waals surface area contributed by atoms with Crippen molar-refractivity contribution in [3.63, 3.8) is 0 Å². The first-order valence-electron chi connectivity index (χ1n) is 6.37. The molecule has 0 bridgehead atoms. The number of amides is 1. The zero-order chi connectivity index (χ0) is 14.6. The predicted octanol–water partition coefficient (Wildman–Crippen LogP) is 2.77. The maximum atomic E-state index is 11.9. The molecule has 4 nitrogen and oxygen atoms in total. The van der Waals surface area contributed by atoms with Crippen LogP contribution in [0.1, 0.15) is 32.3 Å². The van der Waals surface area contributed by atoms with E-state index >= 15 is 0 Å². The van der Waals surface area contributed by atoms with Gasteiger partial charge in [0.2, 0.25) is 5.91 Å². The largest absolute Gasteiger partial charge is 0.326 e. The van der Waals surface area contributed by atoms with Crippen LogP contribution in [0, 0.1) is 12.8 Å². The lowest BCUT2D eigenvalue weighted by Gasteiger charge is -2.13. The quantitative estimate of drug-likeness (QED) is 0.903. The third-order valence-electron chi connectivity index (χ3n) is 3.05. The Morgan fingerprint density at radius 3 is 2.47 bits per heavy atom. The topological polar surface area (TPSA) is 63.2 Å². The van der Waals surface area contributed by atoms with Gasteiger partial charge in [-0.1, -0.05) is 20.3 Å². The first-order chi connectivity index (χ1) is 8.75. The molecule has 0 aromatic heterocycles. The lowest BCUT2D eigenvalue weighted by Crippen LogP contribution is -2.20. The second-order valence-corrected chi connectivity index (χ2v) is 6.94. The summed E-state index contributed by atoms with van der Waals surface area (Å²) >= 11 is 0. The van der Waals surface area contributed by atoms with E-state index in [0.29, 0.717) is 5.69 Å². The minimum Gasteiger partial charge on any atom is -0.326 e. The van der Waals surface area contributed by atoms with Gasteiger partial charge in [-0.05, 0) is 37.1 Å². The van der Waals surface area contributed by atoms with Crippen LogP contribution in [0.25, 0.3) is 0 Å². The van der Waals surface area contributed by atoms with E-state index in [-0.39, 0.29) is 16.7 Å². The summed E-state index contributed by atoms with van der Waals surface area (Å²) in [5.41, 5.74) is 1.42. The third-order valence-corrected chi connectivity index (χ3v) is 4.16. The highest BCUT2D eigenvalue weighted by atomic mass is 32.2.